The van der Waals surface area contributed by atoms with Crippen LogP contribution in [0.1, 0.15) is 24.0 Å². The third kappa shape index (κ3) is 3.61. The van der Waals surface area contributed by atoms with Crippen molar-refractivity contribution in [2.75, 3.05) is 7.11 Å². The first kappa shape index (κ1) is 14.1. The molecule has 21 heavy (non-hydrogen) atoms. The summed E-state index contributed by atoms with van der Waals surface area (Å²) in [5.41, 5.74) is 1.98. The van der Waals surface area contributed by atoms with Gasteiger partial charge in [0.25, 0.3) is 0 Å². The van der Waals surface area contributed by atoms with Crippen molar-refractivity contribution in [2.24, 2.45) is 0 Å². The van der Waals surface area contributed by atoms with Gasteiger partial charge in [-0.3, -0.25) is 4.90 Å². The Morgan fingerprint density at radius 3 is 2.62 bits per heavy atom. The molecule has 0 N–H and O–H groups in total. The Kier molecular flexibility index (Phi) is 4.20. The Balaban J connectivity index is 1.74. The summed E-state index contributed by atoms with van der Waals surface area (Å²) in [7, 11) is 1.68. The minimum Gasteiger partial charge on any atom is -0.497 e. The number of rotatable bonds is 6. The Morgan fingerprint density at radius 1 is 1.10 bits per heavy atom. The highest BCUT2D eigenvalue weighted by Gasteiger charge is 2.29. The Bertz CT molecular complexity index is 610. The van der Waals surface area contributed by atoms with Gasteiger partial charge in [-0.2, -0.15) is 0 Å². The van der Waals surface area contributed by atoms with E-state index in [-0.39, 0.29) is 5.82 Å². The Labute approximate surface area is 125 Å². The topological polar surface area (TPSA) is 12.5 Å². The molecule has 0 bridgehead atoms. The number of halogens is 1. The molecule has 0 unspecified atom stereocenters. The van der Waals surface area contributed by atoms with Crippen LogP contribution >= 0.6 is 0 Å². The SMILES string of the molecule is COc1cccc(CN(Cc2ccccc2F)C2CC2)c1. The van der Waals surface area contributed by atoms with Crippen LogP contribution in [0.2, 0.25) is 0 Å². The van der Waals surface area contributed by atoms with E-state index in [4.69, 9.17) is 4.74 Å². The zero-order valence-electron chi connectivity index (χ0n) is 12.3. The van der Waals surface area contributed by atoms with Gasteiger partial charge in [0, 0.05) is 24.7 Å². The second kappa shape index (κ2) is 6.27. The molecule has 1 saturated carbocycles. The van der Waals surface area contributed by atoms with Gasteiger partial charge in [0.2, 0.25) is 0 Å². The molecular formula is C18H20FNO. The average molecular weight is 285 g/mol. The van der Waals surface area contributed by atoms with Crippen molar-refractivity contribution >= 4 is 0 Å². The van der Waals surface area contributed by atoms with Crippen LogP contribution in [0, 0.1) is 5.82 Å². The second-order valence-electron chi connectivity index (χ2n) is 5.58. The van der Waals surface area contributed by atoms with Gasteiger partial charge >= 0.3 is 0 Å². The first-order valence-corrected chi connectivity index (χ1v) is 7.36. The summed E-state index contributed by atoms with van der Waals surface area (Å²) in [6, 6.07) is 15.7. The predicted octanol–water partition coefficient (Wildman–Crippen LogP) is 4.00. The zero-order chi connectivity index (χ0) is 14.7. The molecule has 0 radical (unpaired) electrons. The van der Waals surface area contributed by atoms with Crippen molar-refractivity contribution in [1.29, 1.82) is 0 Å². The fraction of sp³-hybridized carbons (Fsp3) is 0.333. The van der Waals surface area contributed by atoms with E-state index in [2.05, 4.69) is 17.0 Å². The van der Waals surface area contributed by atoms with Crippen molar-refractivity contribution < 1.29 is 9.13 Å². The first-order valence-electron chi connectivity index (χ1n) is 7.36. The van der Waals surface area contributed by atoms with Crippen molar-refractivity contribution in [3.8, 4) is 5.75 Å². The largest absolute Gasteiger partial charge is 0.497 e. The maximum Gasteiger partial charge on any atom is 0.127 e. The van der Waals surface area contributed by atoms with Crippen LogP contribution in [0.3, 0.4) is 0 Å². The molecule has 1 aliphatic carbocycles. The molecule has 3 heteroatoms. The highest BCUT2D eigenvalue weighted by molar-refractivity contribution is 5.28. The molecule has 0 atom stereocenters. The number of benzene rings is 2. The van der Waals surface area contributed by atoms with Gasteiger partial charge in [-0.1, -0.05) is 30.3 Å². The molecule has 2 aromatic rings. The smallest absolute Gasteiger partial charge is 0.127 e. The summed E-state index contributed by atoms with van der Waals surface area (Å²) in [6.45, 7) is 1.49. The quantitative estimate of drug-likeness (QED) is 0.795. The fourth-order valence-corrected chi connectivity index (χ4v) is 2.60. The van der Waals surface area contributed by atoms with E-state index < -0.39 is 0 Å². The zero-order valence-corrected chi connectivity index (χ0v) is 12.3. The summed E-state index contributed by atoms with van der Waals surface area (Å²) >= 11 is 0. The first-order chi connectivity index (χ1) is 10.3. The molecule has 0 aromatic heterocycles. The molecule has 2 aromatic carbocycles. The van der Waals surface area contributed by atoms with E-state index in [0.29, 0.717) is 12.6 Å². The van der Waals surface area contributed by atoms with Crippen molar-refractivity contribution in [2.45, 2.75) is 32.0 Å². The van der Waals surface area contributed by atoms with Gasteiger partial charge in [-0.15, -0.1) is 0 Å². The number of nitrogens with zero attached hydrogens (tertiary/aromatic N) is 1. The van der Waals surface area contributed by atoms with Gasteiger partial charge in [0.15, 0.2) is 0 Å². The average Bonchev–Trinajstić information content (AvgIpc) is 3.34. The molecule has 3 rings (SSSR count). The van der Waals surface area contributed by atoms with E-state index in [0.717, 1.165) is 17.9 Å². The standard InChI is InChI=1S/C18H20FNO/c1-21-17-7-4-5-14(11-17)12-20(16-9-10-16)13-15-6-2-3-8-18(15)19/h2-8,11,16H,9-10,12-13H2,1H3. The lowest BCUT2D eigenvalue weighted by Crippen LogP contribution is -2.25. The van der Waals surface area contributed by atoms with Crippen LogP contribution in [0.4, 0.5) is 4.39 Å². The van der Waals surface area contributed by atoms with Gasteiger partial charge in [-0.25, -0.2) is 4.39 Å². The predicted molar refractivity (Wildman–Crippen MR) is 81.7 cm³/mol. The molecule has 2 nitrogen and oxygen atoms in total. The lowest BCUT2D eigenvalue weighted by molar-refractivity contribution is 0.242. The highest BCUT2D eigenvalue weighted by atomic mass is 19.1. The number of hydrogen-bond acceptors (Lipinski definition) is 2. The summed E-state index contributed by atoms with van der Waals surface area (Å²) in [5.74, 6) is 0.753. The van der Waals surface area contributed by atoms with Crippen LogP contribution in [0.5, 0.6) is 5.75 Å². The third-order valence-electron chi connectivity index (χ3n) is 3.91. The molecule has 110 valence electrons. The molecule has 0 amide bonds. The summed E-state index contributed by atoms with van der Waals surface area (Å²) in [5, 5.41) is 0. The van der Waals surface area contributed by atoms with E-state index >= 15 is 0 Å². The lowest BCUT2D eigenvalue weighted by Gasteiger charge is -2.22. The summed E-state index contributed by atoms with van der Waals surface area (Å²) < 4.78 is 19.1. The van der Waals surface area contributed by atoms with E-state index in [1.807, 2.05) is 24.3 Å². The summed E-state index contributed by atoms with van der Waals surface area (Å²) in [6.07, 6.45) is 2.41. The van der Waals surface area contributed by atoms with Crippen molar-refractivity contribution in [3.63, 3.8) is 0 Å². The van der Waals surface area contributed by atoms with Crippen LogP contribution in [-0.4, -0.2) is 18.1 Å². The fourth-order valence-electron chi connectivity index (χ4n) is 2.60. The van der Waals surface area contributed by atoms with Crippen LogP contribution in [0.25, 0.3) is 0 Å². The molecule has 0 saturated heterocycles. The van der Waals surface area contributed by atoms with Gasteiger partial charge in [0.1, 0.15) is 11.6 Å². The molecule has 0 heterocycles. The minimum absolute atomic E-state index is 0.117. The Hall–Kier alpha value is -1.87. The number of hydrogen-bond donors (Lipinski definition) is 0. The molecular weight excluding hydrogens is 265 g/mol. The van der Waals surface area contributed by atoms with Gasteiger partial charge in [0.05, 0.1) is 7.11 Å². The van der Waals surface area contributed by atoms with Crippen LogP contribution in [0.15, 0.2) is 48.5 Å². The summed E-state index contributed by atoms with van der Waals surface area (Å²) in [4.78, 5) is 2.35. The maximum absolute atomic E-state index is 13.8. The molecule has 1 fully saturated rings. The van der Waals surface area contributed by atoms with Crippen LogP contribution in [-0.2, 0) is 13.1 Å². The molecule has 1 aliphatic rings. The van der Waals surface area contributed by atoms with E-state index in [1.165, 1.54) is 24.5 Å². The highest BCUT2D eigenvalue weighted by Crippen LogP contribution is 2.30. The lowest BCUT2D eigenvalue weighted by atomic mass is 10.1. The van der Waals surface area contributed by atoms with Crippen molar-refractivity contribution in [3.05, 3.63) is 65.5 Å². The molecule has 0 aliphatic heterocycles. The van der Waals surface area contributed by atoms with E-state index in [9.17, 15) is 4.39 Å². The Morgan fingerprint density at radius 2 is 1.90 bits per heavy atom. The number of methoxy groups -OCH3 is 1. The second-order valence-corrected chi connectivity index (χ2v) is 5.58. The molecule has 0 spiro atoms. The monoisotopic (exact) mass is 285 g/mol. The normalized spacial score (nSPS) is 14.4. The van der Waals surface area contributed by atoms with Gasteiger partial charge in [-0.05, 0) is 36.6 Å². The maximum atomic E-state index is 13.8. The van der Waals surface area contributed by atoms with E-state index in [1.54, 1.807) is 13.2 Å². The van der Waals surface area contributed by atoms with Gasteiger partial charge < -0.3 is 4.74 Å². The van der Waals surface area contributed by atoms with Crippen LogP contribution < -0.4 is 4.74 Å². The number of ether oxygens (including phenoxy) is 1. The third-order valence-corrected chi connectivity index (χ3v) is 3.91. The minimum atomic E-state index is -0.117. The van der Waals surface area contributed by atoms with Crippen molar-refractivity contribution in [1.82, 2.24) is 4.90 Å².